The fraction of sp³-hybridized carbons (Fsp3) is 0.182. The first-order chi connectivity index (χ1) is 11.7. The third kappa shape index (κ3) is 2.43. The Balaban J connectivity index is 1.78. The molecule has 0 bridgehead atoms. The monoisotopic (exact) mass is 320 g/mol. The Morgan fingerprint density at radius 2 is 1.54 bits per heavy atom. The standard InChI is InChI=1S/C22H18F2/c1-2-3-14-4-9-18-16(12-14)13-21-20(18)11-10-19(22(21)24)15-5-7-17(23)8-6-15/h4-12H,2-3,13H2,1H3. The van der Waals surface area contributed by atoms with E-state index in [1.165, 1.54) is 23.3 Å². The molecule has 0 saturated carbocycles. The molecule has 1 aliphatic carbocycles. The molecule has 0 N–H and O–H groups in total. The molecule has 0 fully saturated rings. The Labute approximate surface area is 140 Å². The van der Waals surface area contributed by atoms with Gasteiger partial charge in [-0.2, -0.15) is 0 Å². The Hall–Kier alpha value is -2.48. The van der Waals surface area contributed by atoms with Crippen LogP contribution in [0.3, 0.4) is 0 Å². The first-order valence-corrected chi connectivity index (χ1v) is 8.37. The Morgan fingerprint density at radius 3 is 2.29 bits per heavy atom. The van der Waals surface area contributed by atoms with Gasteiger partial charge in [-0.1, -0.05) is 55.8 Å². The Kier molecular flexibility index (Phi) is 3.68. The quantitative estimate of drug-likeness (QED) is 0.424. The van der Waals surface area contributed by atoms with Crippen LogP contribution >= 0.6 is 0 Å². The van der Waals surface area contributed by atoms with Crippen LogP contribution in [0.1, 0.15) is 30.0 Å². The van der Waals surface area contributed by atoms with E-state index in [1.807, 2.05) is 6.07 Å². The molecule has 0 atom stereocenters. The molecule has 2 heteroatoms. The molecule has 0 amide bonds. The van der Waals surface area contributed by atoms with Crippen LogP contribution in [0.5, 0.6) is 0 Å². The summed E-state index contributed by atoms with van der Waals surface area (Å²) in [6.45, 7) is 2.16. The van der Waals surface area contributed by atoms with Crippen molar-refractivity contribution < 1.29 is 8.78 Å². The second-order valence-electron chi connectivity index (χ2n) is 6.38. The zero-order valence-electron chi connectivity index (χ0n) is 13.6. The van der Waals surface area contributed by atoms with Crippen molar-refractivity contribution in [2.45, 2.75) is 26.2 Å². The van der Waals surface area contributed by atoms with Gasteiger partial charge in [-0.15, -0.1) is 0 Å². The van der Waals surface area contributed by atoms with Crippen LogP contribution in [0.25, 0.3) is 22.3 Å². The molecule has 3 aromatic carbocycles. The van der Waals surface area contributed by atoms with Crippen molar-refractivity contribution in [3.63, 3.8) is 0 Å². The van der Waals surface area contributed by atoms with Crippen LogP contribution in [0, 0.1) is 11.6 Å². The molecule has 4 rings (SSSR count). The highest BCUT2D eigenvalue weighted by atomic mass is 19.1. The van der Waals surface area contributed by atoms with Gasteiger partial charge >= 0.3 is 0 Å². The Bertz CT molecular complexity index is 908. The predicted octanol–water partition coefficient (Wildman–Crippen LogP) is 6.16. The summed E-state index contributed by atoms with van der Waals surface area (Å²) in [6, 6.07) is 16.2. The smallest absolute Gasteiger partial charge is 0.135 e. The second-order valence-corrected chi connectivity index (χ2v) is 6.38. The van der Waals surface area contributed by atoms with Gasteiger partial charge in [0.1, 0.15) is 11.6 Å². The number of rotatable bonds is 3. The van der Waals surface area contributed by atoms with E-state index in [9.17, 15) is 4.39 Å². The maximum absolute atomic E-state index is 15.1. The average Bonchev–Trinajstić information content (AvgIpc) is 2.95. The molecule has 24 heavy (non-hydrogen) atoms. The van der Waals surface area contributed by atoms with Crippen molar-refractivity contribution in [2.75, 3.05) is 0 Å². The molecular formula is C22H18F2. The number of halogens is 2. The van der Waals surface area contributed by atoms with Crippen molar-refractivity contribution in [3.8, 4) is 22.3 Å². The summed E-state index contributed by atoms with van der Waals surface area (Å²) >= 11 is 0. The normalized spacial score (nSPS) is 12.1. The molecule has 0 nitrogen and oxygen atoms in total. The molecule has 0 heterocycles. The molecule has 0 aromatic heterocycles. The van der Waals surface area contributed by atoms with Crippen molar-refractivity contribution >= 4 is 0 Å². The summed E-state index contributed by atoms with van der Waals surface area (Å²) in [6.07, 6.45) is 2.78. The fourth-order valence-electron chi connectivity index (χ4n) is 3.59. The van der Waals surface area contributed by atoms with E-state index in [1.54, 1.807) is 18.2 Å². The number of benzene rings is 3. The van der Waals surface area contributed by atoms with Crippen LogP contribution in [0.2, 0.25) is 0 Å². The number of fused-ring (bicyclic) bond motifs is 3. The largest absolute Gasteiger partial charge is 0.207 e. The van der Waals surface area contributed by atoms with E-state index in [-0.39, 0.29) is 11.6 Å². The van der Waals surface area contributed by atoms with Crippen LogP contribution in [-0.2, 0) is 12.8 Å². The highest BCUT2D eigenvalue weighted by Gasteiger charge is 2.24. The van der Waals surface area contributed by atoms with E-state index in [2.05, 4.69) is 25.1 Å². The lowest BCUT2D eigenvalue weighted by Crippen LogP contribution is -1.92. The van der Waals surface area contributed by atoms with Gasteiger partial charge in [0.2, 0.25) is 0 Å². The van der Waals surface area contributed by atoms with Gasteiger partial charge in [-0.3, -0.25) is 0 Å². The average molecular weight is 320 g/mol. The van der Waals surface area contributed by atoms with E-state index < -0.39 is 0 Å². The lowest BCUT2D eigenvalue weighted by molar-refractivity contribution is 0.618. The molecular weight excluding hydrogens is 302 g/mol. The molecule has 0 unspecified atom stereocenters. The summed E-state index contributed by atoms with van der Waals surface area (Å²) < 4.78 is 28.2. The predicted molar refractivity (Wildman–Crippen MR) is 94.0 cm³/mol. The molecule has 0 saturated heterocycles. The van der Waals surface area contributed by atoms with Gasteiger partial charge in [-0.25, -0.2) is 8.78 Å². The van der Waals surface area contributed by atoms with Crippen LogP contribution in [0.4, 0.5) is 8.78 Å². The van der Waals surface area contributed by atoms with Gasteiger partial charge in [0.05, 0.1) is 0 Å². The van der Waals surface area contributed by atoms with Crippen molar-refractivity contribution in [1.29, 1.82) is 0 Å². The number of aryl methyl sites for hydroxylation is 1. The van der Waals surface area contributed by atoms with E-state index in [0.717, 1.165) is 29.5 Å². The maximum Gasteiger partial charge on any atom is 0.135 e. The van der Waals surface area contributed by atoms with Gasteiger partial charge in [0.15, 0.2) is 0 Å². The summed E-state index contributed by atoms with van der Waals surface area (Å²) in [7, 11) is 0. The Morgan fingerprint density at radius 1 is 0.833 bits per heavy atom. The van der Waals surface area contributed by atoms with Crippen LogP contribution in [0.15, 0.2) is 54.6 Å². The maximum atomic E-state index is 15.1. The highest BCUT2D eigenvalue weighted by Crippen LogP contribution is 2.41. The van der Waals surface area contributed by atoms with Gasteiger partial charge in [0.25, 0.3) is 0 Å². The first kappa shape index (κ1) is 15.1. The zero-order chi connectivity index (χ0) is 16.7. The van der Waals surface area contributed by atoms with E-state index in [4.69, 9.17) is 0 Å². The molecule has 0 spiro atoms. The molecule has 0 radical (unpaired) electrons. The summed E-state index contributed by atoms with van der Waals surface area (Å²) in [4.78, 5) is 0. The van der Waals surface area contributed by atoms with Crippen molar-refractivity contribution in [2.24, 2.45) is 0 Å². The minimum atomic E-state index is -0.309. The minimum Gasteiger partial charge on any atom is -0.207 e. The van der Waals surface area contributed by atoms with Crippen LogP contribution < -0.4 is 0 Å². The van der Waals surface area contributed by atoms with Gasteiger partial charge in [-0.05, 0) is 46.4 Å². The van der Waals surface area contributed by atoms with Crippen LogP contribution in [-0.4, -0.2) is 0 Å². The third-order valence-electron chi connectivity index (χ3n) is 4.76. The van der Waals surface area contributed by atoms with E-state index >= 15 is 4.39 Å². The summed E-state index contributed by atoms with van der Waals surface area (Å²) in [5, 5.41) is 0. The molecule has 1 aliphatic rings. The number of hydrogen-bond donors (Lipinski definition) is 0. The SMILES string of the molecule is CCCc1ccc2c(c1)Cc1c-2ccc(-c2ccc(F)cc2)c1F. The van der Waals surface area contributed by atoms with E-state index in [0.29, 0.717) is 17.5 Å². The highest BCUT2D eigenvalue weighted by molar-refractivity contribution is 5.81. The topological polar surface area (TPSA) is 0 Å². The van der Waals surface area contributed by atoms with Gasteiger partial charge in [0, 0.05) is 17.5 Å². The zero-order valence-corrected chi connectivity index (χ0v) is 13.6. The fourth-order valence-corrected chi connectivity index (χ4v) is 3.59. The van der Waals surface area contributed by atoms with Crippen molar-refractivity contribution in [1.82, 2.24) is 0 Å². The summed E-state index contributed by atoms with van der Waals surface area (Å²) in [5.41, 5.74) is 6.62. The lowest BCUT2D eigenvalue weighted by Gasteiger charge is -2.08. The first-order valence-electron chi connectivity index (χ1n) is 8.37. The second kappa shape index (κ2) is 5.86. The van der Waals surface area contributed by atoms with Gasteiger partial charge < -0.3 is 0 Å². The summed E-state index contributed by atoms with van der Waals surface area (Å²) in [5.74, 6) is -0.497. The van der Waals surface area contributed by atoms with Crippen molar-refractivity contribution in [3.05, 3.63) is 82.9 Å². The molecule has 0 aliphatic heterocycles. The number of hydrogen-bond acceptors (Lipinski definition) is 0. The minimum absolute atomic E-state index is 0.188. The molecule has 120 valence electrons. The molecule has 3 aromatic rings. The lowest BCUT2D eigenvalue weighted by atomic mass is 9.98. The third-order valence-corrected chi connectivity index (χ3v) is 4.76.